The van der Waals surface area contributed by atoms with Crippen molar-refractivity contribution in [1.82, 2.24) is 5.32 Å². The van der Waals surface area contributed by atoms with Crippen LogP contribution in [0.4, 0.5) is 4.39 Å². The maximum absolute atomic E-state index is 14.0. The first kappa shape index (κ1) is 14.0. The molecular formula is C14H19BrFNO. The third-order valence-corrected chi connectivity index (χ3v) is 3.87. The van der Waals surface area contributed by atoms with Crippen molar-refractivity contribution in [1.29, 1.82) is 0 Å². The summed E-state index contributed by atoms with van der Waals surface area (Å²) >= 11 is 3.40. The second-order valence-corrected chi connectivity index (χ2v) is 5.61. The summed E-state index contributed by atoms with van der Waals surface area (Å²) in [5.41, 5.74) is 0.678. The minimum atomic E-state index is -0.178. The molecule has 2 unspecified atom stereocenters. The van der Waals surface area contributed by atoms with Crippen LogP contribution in [-0.4, -0.2) is 19.8 Å². The second-order valence-electron chi connectivity index (χ2n) is 4.69. The standard InChI is InChI=1S/C14H19BrFNO/c1-3-18-14(9-4-5-9)13(17-2)11-8-10(15)6-7-12(11)16/h6-9,13-14,17H,3-5H2,1-2H3. The fourth-order valence-corrected chi connectivity index (χ4v) is 2.75. The van der Waals surface area contributed by atoms with Crippen LogP contribution in [0.15, 0.2) is 22.7 Å². The Labute approximate surface area is 116 Å². The Morgan fingerprint density at radius 2 is 2.22 bits per heavy atom. The lowest BCUT2D eigenvalue weighted by Crippen LogP contribution is -2.34. The molecule has 18 heavy (non-hydrogen) atoms. The Morgan fingerprint density at radius 1 is 1.50 bits per heavy atom. The smallest absolute Gasteiger partial charge is 0.128 e. The first-order chi connectivity index (χ1) is 8.67. The summed E-state index contributed by atoms with van der Waals surface area (Å²) in [6.45, 7) is 2.65. The molecule has 2 atom stereocenters. The van der Waals surface area contributed by atoms with Crippen LogP contribution in [0.25, 0.3) is 0 Å². The van der Waals surface area contributed by atoms with E-state index in [1.807, 2.05) is 20.0 Å². The zero-order valence-corrected chi connectivity index (χ0v) is 12.3. The van der Waals surface area contributed by atoms with Crippen LogP contribution in [0.1, 0.15) is 31.4 Å². The largest absolute Gasteiger partial charge is 0.376 e. The van der Waals surface area contributed by atoms with Crippen molar-refractivity contribution in [3.63, 3.8) is 0 Å². The minimum absolute atomic E-state index is 0.0591. The molecule has 2 rings (SSSR count). The number of likely N-dealkylation sites (N-methyl/N-ethyl adjacent to an activating group) is 1. The predicted octanol–water partition coefficient (Wildman–Crippen LogP) is 3.66. The van der Waals surface area contributed by atoms with E-state index in [9.17, 15) is 4.39 Å². The van der Waals surface area contributed by atoms with Gasteiger partial charge in [0.15, 0.2) is 0 Å². The fraction of sp³-hybridized carbons (Fsp3) is 0.571. The summed E-state index contributed by atoms with van der Waals surface area (Å²) in [5, 5.41) is 3.21. The van der Waals surface area contributed by atoms with Crippen LogP contribution in [0.3, 0.4) is 0 Å². The monoisotopic (exact) mass is 315 g/mol. The van der Waals surface area contributed by atoms with Gasteiger partial charge in [-0.2, -0.15) is 0 Å². The molecule has 0 amide bonds. The van der Waals surface area contributed by atoms with Crippen LogP contribution in [0.2, 0.25) is 0 Å². The third-order valence-electron chi connectivity index (χ3n) is 3.38. The maximum atomic E-state index is 14.0. The zero-order valence-electron chi connectivity index (χ0n) is 10.7. The molecule has 1 aliphatic carbocycles. The highest BCUT2D eigenvalue weighted by molar-refractivity contribution is 9.10. The summed E-state index contributed by atoms with van der Waals surface area (Å²) in [6.07, 6.45) is 2.42. The Kier molecular flexibility index (Phi) is 4.76. The van der Waals surface area contributed by atoms with Gasteiger partial charge in [0.2, 0.25) is 0 Å². The van der Waals surface area contributed by atoms with E-state index in [0.29, 0.717) is 18.1 Å². The molecule has 0 heterocycles. The Morgan fingerprint density at radius 3 is 2.78 bits per heavy atom. The van der Waals surface area contributed by atoms with Crippen molar-refractivity contribution >= 4 is 15.9 Å². The number of hydrogen-bond donors (Lipinski definition) is 1. The molecule has 1 saturated carbocycles. The Balaban J connectivity index is 2.27. The quantitative estimate of drug-likeness (QED) is 0.865. The number of nitrogens with one attached hydrogen (secondary N) is 1. The van der Waals surface area contributed by atoms with E-state index in [-0.39, 0.29) is 18.0 Å². The van der Waals surface area contributed by atoms with E-state index in [2.05, 4.69) is 21.2 Å². The number of halogens is 2. The summed E-state index contributed by atoms with van der Waals surface area (Å²) in [4.78, 5) is 0. The van der Waals surface area contributed by atoms with Crippen molar-refractivity contribution in [3.8, 4) is 0 Å². The molecule has 0 aromatic heterocycles. The highest BCUT2D eigenvalue weighted by Crippen LogP contribution is 2.40. The highest BCUT2D eigenvalue weighted by Gasteiger charge is 2.38. The molecule has 2 nitrogen and oxygen atoms in total. The van der Waals surface area contributed by atoms with Gasteiger partial charge < -0.3 is 10.1 Å². The summed E-state index contributed by atoms with van der Waals surface area (Å²) < 4.78 is 20.7. The minimum Gasteiger partial charge on any atom is -0.376 e. The maximum Gasteiger partial charge on any atom is 0.128 e. The molecule has 0 saturated heterocycles. The molecule has 0 bridgehead atoms. The lowest BCUT2D eigenvalue weighted by atomic mass is 9.97. The fourth-order valence-electron chi connectivity index (χ4n) is 2.37. The van der Waals surface area contributed by atoms with Gasteiger partial charge in [-0.05, 0) is 50.9 Å². The molecule has 0 spiro atoms. The van der Waals surface area contributed by atoms with Gasteiger partial charge in [-0.1, -0.05) is 15.9 Å². The number of benzene rings is 1. The van der Waals surface area contributed by atoms with Crippen LogP contribution in [-0.2, 0) is 4.74 Å². The summed E-state index contributed by atoms with van der Waals surface area (Å²) in [6, 6.07) is 4.97. The van der Waals surface area contributed by atoms with Crippen LogP contribution in [0, 0.1) is 11.7 Å². The first-order valence-electron chi connectivity index (χ1n) is 6.41. The SMILES string of the molecule is CCOC(C1CC1)C(NC)c1cc(Br)ccc1F. The molecule has 0 aliphatic heterocycles. The average molecular weight is 316 g/mol. The van der Waals surface area contributed by atoms with E-state index >= 15 is 0 Å². The normalized spacial score (nSPS) is 18.7. The molecule has 1 aromatic rings. The number of hydrogen-bond acceptors (Lipinski definition) is 2. The molecule has 1 fully saturated rings. The topological polar surface area (TPSA) is 21.3 Å². The number of rotatable bonds is 6. The molecule has 100 valence electrons. The van der Waals surface area contributed by atoms with E-state index in [0.717, 1.165) is 4.47 Å². The Bertz CT molecular complexity index is 409. The van der Waals surface area contributed by atoms with E-state index in [4.69, 9.17) is 4.74 Å². The summed E-state index contributed by atoms with van der Waals surface area (Å²) in [7, 11) is 1.86. The van der Waals surface area contributed by atoms with Gasteiger partial charge >= 0.3 is 0 Å². The lowest BCUT2D eigenvalue weighted by molar-refractivity contribution is 0.0196. The average Bonchev–Trinajstić information content (AvgIpc) is 3.17. The van der Waals surface area contributed by atoms with Gasteiger partial charge in [0, 0.05) is 16.6 Å². The molecule has 1 aliphatic rings. The van der Waals surface area contributed by atoms with Crippen LogP contribution >= 0.6 is 15.9 Å². The van der Waals surface area contributed by atoms with E-state index in [1.165, 1.54) is 18.9 Å². The van der Waals surface area contributed by atoms with Gasteiger partial charge in [0.25, 0.3) is 0 Å². The van der Waals surface area contributed by atoms with Crippen molar-refractivity contribution < 1.29 is 9.13 Å². The molecule has 1 aromatic carbocycles. The van der Waals surface area contributed by atoms with Crippen LogP contribution < -0.4 is 5.32 Å². The van der Waals surface area contributed by atoms with Crippen molar-refractivity contribution in [3.05, 3.63) is 34.1 Å². The Hall–Kier alpha value is -0.450. The third kappa shape index (κ3) is 3.11. The van der Waals surface area contributed by atoms with Crippen molar-refractivity contribution in [2.75, 3.05) is 13.7 Å². The van der Waals surface area contributed by atoms with E-state index < -0.39 is 0 Å². The van der Waals surface area contributed by atoms with Crippen LogP contribution in [0.5, 0.6) is 0 Å². The van der Waals surface area contributed by atoms with E-state index in [1.54, 1.807) is 6.07 Å². The van der Waals surface area contributed by atoms with Gasteiger partial charge in [-0.25, -0.2) is 4.39 Å². The molecule has 1 N–H and O–H groups in total. The zero-order chi connectivity index (χ0) is 13.1. The first-order valence-corrected chi connectivity index (χ1v) is 7.20. The molecule has 0 radical (unpaired) electrons. The van der Waals surface area contributed by atoms with Crippen molar-refractivity contribution in [2.24, 2.45) is 5.92 Å². The number of ether oxygens (including phenoxy) is 1. The predicted molar refractivity (Wildman–Crippen MR) is 74.0 cm³/mol. The second kappa shape index (κ2) is 6.13. The van der Waals surface area contributed by atoms with Gasteiger partial charge in [0.1, 0.15) is 5.82 Å². The van der Waals surface area contributed by atoms with Gasteiger partial charge in [0.05, 0.1) is 12.1 Å². The van der Waals surface area contributed by atoms with Crippen molar-refractivity contribution in [2.45, 2.75) is 31.9 Å². The lowest BCUT2D eigenvalue weighted by Gasteiger charge is -2.27. The van der Waals surface area contributed by atoms with Gasteiger partial charge in [-0.15, -0.1) is 0 Å². The summed E-state index contributed by atoms with van der Waals surface area (Å²) in [5.74, 6) is 0.378. The molecule has 4 heteroatoms. The molecular weight excluding hydrogens is 297 g/mol. The van der Waals surface area contributed by atoms with Gasteiger partial charge in [-0.3, -0.25) is 0 Å². The highest BCUT2D eigenvalue weighted by atomic mass is 79.9.